The molecular weight excluding hydrogens is 276 g/mol. The van der Waals surface area contributed by atoms with Gasteiger partial charge in [-0.25, -0.2) is 4.79 Å². The molecule has 4 nitrogen and oxygen atoms in total. The lowest BCUT2D eigenvalue weighted by Gasteiger charge is -2.08. The predicted molar refractivity (Wildman–Crippen MR) is 63.3 cm³/mol. The number of methoxy groups -OCH3 is 1. The summed E-state index contributed by atoms with van der Waals surface area (Å²) < 4.78 is 10.2. The molecule has 0 atom stereocenters. The minimum Gasteiger partial charge on any atom is -0.508 e. The average molecular weight is 285 g/mol. The average Bonchev–Trinajstić information content (AvgIpc) is 2.26. The molecule has 0 aliphatic heterocycles. The summed E-state index contributed by atoms with van der Waals surface area (Å²) in [6.45, 7) is 0. The van der Waals surface area contributed by atoms with Gasteiger partial charge in [0.15, 0.2) is 0 Å². The number of ether oxygens (including phenoxy) is 1. The fourth-order valence-electron chi connectivity index (χ4n) is 1.59. The third-order valence-electron chi connectivity index (χ3n) is 2.24. The standard InChI is InChI=1S/C11H9BrO4/c1-15-8-3-7(13)4-9-11(8)6(5-12)2-10(14)16-9/h2-4,13H,5H2,1H3. The summed E-state index contributed by atoms with van der Waals surface area (Å²) in [4.78, 5) is 11.3. The lowest BCUT2D eigenvalue weighted by molar-refractivity contribution is 0.410. The minimum absolute atomic E-state index is 0.000720. The molecular formula is C11H9BrO4. The van der Waals surface area contributed by atoms with Crippen LogP contribution in [0.15, 0.2) is 27.4 Å². The normalized spacial score (nSPS) is 10.6. The Morgan fingerprint density at radius 2 is 2.19 bits per heavy atom. The number of phenols is 1. The van der Waals surface area contributed by atoms with E-state index in [9.17, 15) is 9.90 Å². The van der Waals surface area contributed by atoms with Crippen molar-refractivity contribution in [3.8, 4) is 11.5 Å². The lowest BCUT2D eigenvalue weighted by atomic mass is 10.1. The molecule has 1 heterocycles. The summed E-state index contributed by atoms with van der Waals surface area (Å²) in [5.41, 5.74) is 0.636. The van der Waals surface area contributed by atoms with Crippen LogP contribution in [-0.4, -0.2) is 12.2 Å². The quantitative estimate of drug-likeness (QED) is 0.680. The second kappa shape index (κ2) is 4.17. The van der Waals surface area contributed by atoms with Crippen LogP contribution in [0, 0.1) is 0 Å². The van der Waals surface area contributed by atoms with E-state index < -0.39 is 5.63 Å². The van der Waals surface area contributed by atoms with Crippen molar-refractivity contribution in [3.63, 3.8) is 0 Å². The molecule has 0 unspecified atom stereocenters. The summed E-state index contributed by atoms with van der Waals surface area (Å²) in [5.74, 6) is 0.479. The largest absolute Gasteiger partial charge is 0.508 e. The van der Waals surface area contributed by atoms with Crippen molar-refractivity contribution in [2.45, 2.75) is 5.33 Å². The number of alkyl halides is 1. The third kappa shape index (κ3) is 1.78. The molecule has 0 spiro atoms. The van der Waals surface area contributed by atoms with E-state index in [0.29, 0.717) is 22.0 Å². The van der Waals surface area contributed by atoms with E-state index in [0.717, 1.165) is 5.56 Å². The highest BCUT2D eigenvalue weighted by molar-refractivity contribution is 9.08. The highest BCUT2D eigenvalue weighted by Crippen LogP contribution is 2.32. The second-order valence-corrected chi connectivity index (χ2v) is 3.81. The van der Waals surface area contributed by atoms with Crippen LogP contribution in [0.3, 0.4) is 0 Å². The van der Waals surface area contributed by atoms with E-state index in [1.54, 1.807) is 0 Å². The molecule has 0 saturated heterocycles. The highest BCUT2D eigenvalue weighted by Gasteiger charge is 2.11. The summed E-state index contributed by atoms with van der Waals surface area (Å²) >= 11 is 3.30. The van der Waals surface area contributed by atoms with Crippen molar-refractivity contribution in [1.82, 2.24) is 0 Å². The fourth-order valence-corrected chi connectivity index (χ4v) is 2.03. The van der Waals surface area contributed by atoms with Crippen LogP contribution in [0.1, 0.15) is 5.56 Å². The molecule has 16 heavy (non-hydrogen) atoms. The Morgan fingerprint density at radius 1 is 1.44 bits per heavy atom. The topological polar surface area (TPSA) is 59.7 Å². The number of benzene rings is 1. The molecule has 1 aromatic heterocycles. The molecule has 0 saturated carbocycles. The molecule has 1 aromatic carbocycles. The van der Waals surface area contributed by atoms with E-state index in [-0.39, 0.29) is 5.75 Å². The van der Waals surface area contributed by atoms with Gasteiger partial charge in [-0.2, -0.15) is 0 Å². The van der Waals surface area contributed by atoms with Gasteiger partial charge in [0.2, 0.25) is 0 Å². The zero-order valence-electron chi connectivity index (χ0n) is 8.49. The molecule has 5 heteroatoms. The fraction of sp³-hybridized carbons (Fsp3) is 0.182. The number of phenolic OH excluding ortho intramolecular Hbond substituents is 1. The molecule has 0 fully saturated rings. The third-order valence-corrected chi connectivity index (χ3v) is 2.84. The Bertz CT molecular complexity index is 588. The van der Waals surface area contributed by atoms with Gasteiger partial charge >= 0.3 is 5.63 Å². The van der Waals surface area contributed by atoms with Gasteiger partial charge in [0.05, 0.1) is 12.5 Å². The molecule has 0 bridgehead atoms. The Labute approximate surface area is 99.6 Å². The Kier molecular flexibility index (Phi) is 2.87. The summed E-state index contributed by atoms with van der Waals surface area (Å²) in [5, 5.41) is 10.6. The van der Waals surface area contributed by atoms with Crippen LogP contribution in [-0.2, 0) is 5.33 Å². The monoisotopic (exact) mass is 284 g/mol. The van der Waals surface area contributed by atoms with Gasteiger partial charge in [0, 0.05) is 23.5 Å². The van der Waals surface area contributed by atoms with Crippen LogP contribution in [0.5, 0.6) is 11.5 Å². The van der Waals surface area contributed by atoms with Gasteiger partial charge in [0.25, 0.3) is 0 Å². The van der Waals surface area contributed by atoms with E-state index >= 15 is 0 Å². The highest BCUT2D eigenvalue weighted by atomic mass is 79.9. The molecule has 1 N–H and O–H groups in total. The zero-order chi connectivity index (χ0) is 11.7. The van der Waals surface area contributed by atoms with Crippen molar-refractivity contribution in [2.24, 2.45) is 0 Å². The van der Waals surface area contributed by atoms with E-state index in [1.807, 2.05) is 0 Å². The van der Waals surface area contributed by atoms with Crippen molar-refractivity contribution in [2.75, 3.05) is 7.11 Å². The zero-order valence-corrected chi connectivity index (χ0v) is 10.1. The first-order valence-electron chi connectivity index (χ1n) is 4.55. The maximum atomic E-state index is 11.3. The molecule has 0 aliphatic rings. The van der Waals surface area contributed by atoms with Gasteiger partial charge in [0.1, 0.15) is 17.1 Å². The van der Waals surface area contributed by atoms with Crippen LogP contribution < -0.4 is 10.4 Å². The number of hydrogen-bond donors (Lipinski definition) is 1. The van der Waals surface area contributed by atoms with E-state index in [1.165, 1.54) is 25.3 Å². The maximum absolute atomic E-state index is 11.3. The van der Waals surface area contributed by atoms with Gasteiger partial charge < -0.3 is 14.3 Å². The van der Waals surface area contributed by atoms with Crippen LogP contribution in [0.2, 0.25) is 0 Å². The molecule has 2 aromatic rings. The smallest absolute Gasteiger partial charge is 0.336 e. The predicted octanol–water partition coefficient (Wildman–Crippen LogP) is 2.40. The lowest BCUT2D eigenvalue weighted by Crippen LogP contribution is -2.00. The number of fused-ring (bicyclic) bond motifs is 1. The van der Waals surface area contributed by atoms with Crippen LogP contribution in [0.4, 0.5) is 0 Å². The van der Waals surface area contributed by atoms with Gasteiger partial charge in [-0.05, 0) is 5.56 Å². The van der Waals surface area contributed by atoms with Crippen molar-refractivity contribution < 1.29 is 14.3 Å². The summed E-state index contributed by atoms with van der Waals surface area (Å²) in [6.07, 6.45) is 0. The first-order valence-corrected chi connectivity index (χ1v) is 5.67. The molecule has 0 radical (unpaired) electrons. The van der Waals surface area contributed by atoms with E-state index in [4.69, 9.17) is 9.15 Å². The second-order valence-electron chi connectivity index (χ2n) is 3.25. The Balaban J connectivity index is 2.93. The van der Waals surface area contributed by atoms with Crippen LogP contribution >= 0.6 is 15.9 Å². The van der Waals surface area contributed by atoms with E-state index in [2.05, 4.69) is 15.9 Å². The van der Waals surface area contributed by atoms with Crippen molar-refractivity contribution in [1.29, 1.82) is 0 Å². The number of aromatic hydroxyl groups is 1. The molecule has 84 valence electrons. The van der Waals surface area contributed by atoms with Gasteiger partial charge in [-0.3, -0.25) is 0 Å². The first kappa shape index (κ1) is 11.0. The van der Waals surface area contributed by atoms with Crippen molar-refractivity contribution >= 4 is 26.9 Å². The van der Waals surface area contributed by atoms with Gasteiger partial charge in [-0.1, -0.05) is 15.9 Å². The van der Waals surface area contributed by atoms with Gasteiger partial charge in [-0.15, -0.1) is 0 Å². The first-order chi connectivity index (χ1) is 7.65. The molecule has 2 rings (SSSR count). The minimum atomic E-state index is -0.449. The molecule has 0 aliphatic carbocycles. The van der Waals surface area contributed by atoms with Crippen molar-refractivity contribution in [3.05, 3.63) is 34.2 Å². The number of rotatable bonds is 2. The number of hydrogen-bond acceptors (Lipinski definition) is 4. The number of halogens is 1. The summed E-state index contributed by atoms with van der Waals surface area (Å²) in [7, 11) is 1.50. The Hall–Kier alpha value is -1.49. The Morgan fingerprint density at radius 3 is 2.81 bits per heavy atom. The van der Waals surface area contributed by atoms with Crippen LogP contribution in [0.25, 0.3) is 11.0 Å². The maximum Gasteiger partial charge on any atom is 0.336 e. The SMILES string of the molecule is COc1cc(O)cc2oc(=O)cc(CBr)c12. The summed E-state index contributed by atoms with van der Waals surface area (Å²) in [6, 6.07) is 4.27. The molecule has 0 amide bonds.